The van der Waals surface area contributed by atoms with Gasteiger partial charge in [-0.15, -0.1) is 0 Å². The zero-order chi connectivity index (χ0) is 34.8. The number of nitrogens with zero attached hydrogens (tertiary/aromatic N) is 2. The Bertz CT molecular complexity index is 2760. The minimum Gasteiger partial charge on any atom is -0.456 e. The van der Waals surface area contributed by atoms with Crippen LogP contribution >= 0.6 is 0 Å². The van der Waals surface area contributed by atoms with E-state index >= 15 is 0 Å². The van der Waals surface area contributed by atoms with Crippen molar-refractivity contribution in [1.82, 2.24) is 9.97 Å². The molecular weight excluding hydrogens is 633 g/mol. The average Bonchev–Trinajstić information content (AvgIpc) is 3.69. The van der Waals surface area contributed by atoms with Gasteiger partial charge in [0.05, 0.1) is 11.4 Å². The quantitative estimate of drug-likeness (QED) is 0.183. The van der Waals surface area contributed by atoms with Crippen molar-refractivity contribution in [3.63, 3.8) is 0 Å². The topological polar surface area (TPSA) is 38.9 Å². The predicted molar refractivity (Wildman–Crippen MR) is 214 cm³/mol. The van der Waals surface area contributed by atoms with Crippen molar-refractivity contribution in [2.45, 2.75) is 19.3 Å². The van der Waals surface area contributed by atoms with Crippen LogP contribution in [0.3, 0.4) is 0 Å². The molecule has 246 valence electrons. The molecule has 0 atom stereocenters. The van der Waals surface area contributed by atoms with Crippen molar-refractivity contribution in [1.29, 1.82) is 0 Å². The number of hydrogen-bond acceptors (Lipinski definition) is 3. The summed E-state index contributed by atoms with van der Waals surface area (Å²) in [5.74, 6) is 0.708. The SMILES string of the molecule is CC1(C)c2ccc(-c3ccc4oc5ccccc5c4c3)cc2-c2c(-c3cccc(-c4nc(-c5ccccc5)cc(-c5ccccc5)n4)c3)cccc21. The third-order valence-corrected chi connectivity index (χ3v) is 10.7. The molecule has 52 heavy (non-hydrogen) atoms. The van der Waals surface area contributed by atoms with E-state index < -0.39 is 0 Å². The summed E-state index contributed by atoms with van der Waals surface area (Å²) in [4.78, 5) is 10.3. The van der Waals surface area contributed by atoms with Crippen LogP contribution in [0.15, 0.2) is 174 Å². The molecule has 3 nitrogen and oxygen atoms in total. The first-order valence-corrected chi connectivity index (χ1v) is 17.8. The van der Waals surface area contributed by atoms with Gasteiger partial charge in [0.2, 0.25) is 0 Å². The summed E-state index contributed by atoms with van der Waals surface area (Å²) in [6.45, 7) is 4.68. The van der Waals surface area contributed by atoms with Crippen molar-refractivity contribution in [2.24, 2.45) is 0 Å². The molecule has 2 heterocycles. The maximum atomic E-state index is 6.15. The Hall–Kier alpha value is -6.58. The first kappa shape index (κ1) is 30.3. The number of furan rings is 1. The second-order valence-corrected chi connectivity index (χ2v) is 14.2. The van der Waals surface area contributed by atoms with E-state index in [-0.39, 0.29) is 5.41 Å². The highest BCUT2D eigenvalue weighted by Gasteiger charge is 2.37. The summed E-state index contributed by atoms with van der Waals surface area (Å²) in [6, 6.07) is 60.1. The number of rotatable bonds is 5. The Morgan fingerprint density at radius 3 is 1.79 bits per heavy atom. The van der Waals surface area contributed by atoms with Crippen molar-refractivity contribution >= 4 is 21.9 Å². The van der Waals surface area contributed by atoms with E-state index in [1.807, 2.05) is 24.3 Å². The van der Waals surface area contributed by atoms with E-state index in [0.717, 1.165) is 55.6 Å². The number of aromatic nitrogens is 2. The molecule has 0 saturated carbocycles. The van der Waals surface area contributed by atoms with E-state index in [2.05, 4.69) is 159 Å². The molecule has 0 aliphatic heterocycles. The lowest BCUT2D eigenvalue weighted by Crippen LogP contribution is -2.14. The Kier molecular flexibility index (Phi) is 6.84. The first-order valence-electron chi connectivity index (χ1n) is 17.8. The molecule has 0 unspecified atom stereocenters. The molecule has 0 radical (unpaired) electrons. The molecule has 1 aliphatic carbocycles. The first-order chi connectivity index (χ1) is 25.5. The van der Waals surface area contributed by atoms with E-state index in [1.165, 1.54) is 38.9 Å². The van der Waals surface area contributed by atoms with Crippen molar-refractivity contribution in [2.75, 3.05) is 0 Å². The van der Waals surface area contributed by atoms with Crippen LogP contribution in [0, 0.1) is 0 Å². The van der Waals surface area contributed by atoms with Crippen molar-refractivity contribution in [3.8, 4) is 67.3 Å². The fraction of sp³-hybridized carbons (Fsp3) is 0.0612. The largest absolute Gasteiger partial charge is 0.456 e. The van der Waals surface area contributed by atoms with Gasteiger partial charge < -0.3 is 4.42 Å². The third kappa shape index (κ3) is 4.89. The molecule has 10 rings (SSSR count). The van der Waals surface area contributed by atoms with Crippen LogP contribution in [-0.4, -0.2) is 9.97 Å². The Morgan fingerprint density at radius 1 is 0.404 bits per heavy atom. The van der Waals surface area contributed by atoms with Gasteiger partial charge in [-0.1, -0.05) is 147 Å². The van der Waals surface area contributed by atoms with Crippen LogP contribution in [0.25, 0.3) is 89.2 Å². The molecule has 0 N–H and O–H groups in total. The molecule has 2 aromatic heterocycles. The minimum absolute atomic E-state index is 0.140. The fourth-order valence-corrected chi connectivity index (χ4v) is 8.05. The van der Waals surface area contributed by atoms with Gasteiger partial charge in [-0.2, -0.15) is 0 Å². The molecule has 7 aromatic carbocycles. The number of fused-ring (bicyclic) bond motifs is 6. The maximum Gasteiger partial charge on any atom is 0.160 e. The van der Waals surface area contributed by atoms with E-state index in [9.17, 15) is 0 Å². The zero-order valence-corrected chi connectivity index (χ0v) is 29.0. The number of para-hydroxylation sites is 1. The highest BCUT2D eigenvalue weighted by Crippen LogP contribution is 2.53. The monoisotopic (exact) mass is 666 g/mol. The standard InChI is InChI=1S/C49H34N2O/c1-49(2)41-25-23-33(34-24-26-46-39(28-34)38-19-9-10-22-45(38)52-46)29-40(41)47-37(20-12-21-42(47)49)35-17-11-18-36(27-35)48-50-43(31-13-5-3-6-14-31)30-44(51-48)32-15-7-4-8-16-32/h3-30H,1-2H3. The molecule has 3 heteroatoms. The molecular formula is C49H34N2O. The van der Waals surface area contributed by atoms with Gasteiger partial charge in [0.15, 0.2) is 5.82 Å². The van der Waals surface area contributed by atoms with Gasteiger partial charge in [-0.05, 0) is 80.9 Å². The van der Waals surface area contributed by atoms with Gasteiger partial charge >= 0.3 is 0 Å². The molecule has 1 aliphatic rings. The normalized spacial score (nSPS) is 13.0. The van der Waals surface area contributed by atoms with Gasteiger partial charge in [-0.3, -0.25) is 0 Å². The van der Waals surface area contributed by atoms with Crippen LogP contribution in [-0.2, 0) is 5.41 Å². The summed E-state index contributed by atoms with van der Waals surface area (Å²) in [5.41, 5.74) is 16.6. The molecule has 0 bridgehead atoms. The van der Waals surface area contributed by atoms with Gasteiger partial charge in [0.1, 0.15) is 11.2 Å². The average molecular weight is 667 g/mol. The summed E-state index contributed by atoms with van der Waals surface area (Å²) in [7, 11) is 0. The summed E-state index contributed by atoms with van der Waals surface area (Å²) < 4.78 is 6.15. The van der Waals surface area contributed by atoms with Crippen molar-refractivity contribution in [3.05, 3.63) is 181 Å². The Morgan fingerprint density at radius 2 is 1.02 bits per heavy atom. The second kappa shape index (κ2) is 11.8. The number of benzene rings is 7. The maximum absolute atomic E-state index is 6.15. The summed E-state index contributed by atoms with van der Waals surface area (Å²) in [6.07, 6.45) is 0. The second-order valence-electron chi connectivity index (χ2n) is 14.2. The van der Waals surface area contributed by atoms with E-state index in [0.29, 0.717) is 5.82 Å². The van der Waals surface area contributed by atoms with Crippen LogP contribution in [0.5, 0.6) is 0 Å². The lowest BCUT2D eigenvalue weighted by atomic mass is 9.81. The van der Waals surface area contributed by atoms with Gasteiger partial charge in [0, 0.05) is 32.9 Å². The predicted octanol–water partition coefficient (Wildman–Crippen LogP) is 13.0. The van der Waals surface area contributed by atoms with Crippen LogP contribution in [0.2, 0.25) is 0 Å². The number of hydrogen-bond donors (Lipinski definition) is 0. The van der Waals surface area contributed by atoms with Gasteiger partial charge in [0.25, 0.3) is 0 Å². The van der Waals surface area contributed by atoms with Crippen LogP contribution in [0.1, 0.15) is 25.0 Å². The molecule has 0 fully saturated rings. The third-order valence-electron chi connectivity index (χ3n) is 10.7. The van der Waals surface area contributed by atoms with E-state index in [4.69, 9.17) is 14.4 Å². The smallest absolute Gasteiger partial charge is 0.160 e. The van der Waals surface area contributed by atoms with E-state index in [1.54, 1.807) is 0 Å². The highest BCUT2D eigenvalue weighted by atomic mass is 16.3. The molecule has 0 saturated heterocycles. The lowest BCUT2D eigenvalue weighted by Gasteiger charge is -2.22. The van der Waals surface area contributed by atoms with Crippen LogP contribution < -0.4 is 0 Å². The molecule has 0 amide bonds. The van der Waals surface area contributed by atoms with Crippen molar-refractivity contribution < 1.29 is 4.42 Å². The zero-order valence-electron chi connectivity index (χ0n) is 29.0. The molecule has 0 spiro atoms. The fourth-order valence-electron chi connectivity index (χ4n) is 8.05. The minimum atomic E-state index is -0.140. The van der Waals surface area contributed by atoms with Crippen LogP contribution in [0.4, 0.5) is 0 Å². The molecule has 9 aromatic rings. The summed E-state index contributed by atoms with van der Waals surface area (Å²) in [5, 5.41) is 2.28. The Balaban J connectivity index is 1.11. The van der Waals surface area contributed by atoms with Gasteiger partial charge in [-0.25, -0.2) is 9.97 Å². The Labute approximate surface area is 302 Å². The lowest BCUT2D eigenvalue weighted by molar-refractivity contribution is 0.660. The summed E-state index contributed by atoms with van der Waals surface area (Å²) >= 11 is 0. The highest BCUT2D eigenvalue weighted by molar-refractivity contribution is 6.06.